The molecule has 2 aromatic rings. The highest BCUT2D eigenvalue weighted by Gasteiger charge is 2.24. The lowest BCUT2D eigenvalue weighted by molar-refractivity contribution is -0.394. The van der Waals surface area contributed by atoms with Gasteiger partial charge in [0.2, 0.25) is 0 Å². The van der Waals surface area contributed by atoms with E-state index in [1.807, 2.05) is 0 Å². The largest absolute Gasteiger partial charge is 0.289 e. The molecule has 26 heavy (non-hydrogen) atoms. The van der Waals surface area contributed by atoms with Gasteiger partial charge in [-0.05, 0) is 0 Å². The molecule has 0 radical (unpaired) electrons. The third-order valence-corrected chi connectivity index (χ3v) is 3.17. The number of non-ortho nitro benzene ring substituents is 4. The summed E-state index contributed by atoms with van der Waals surface area (Å²) in [6.45, 7) is 0. The zero-order chi connectivity index (χ0) is 19.6. The van der Waals surface area contributed by atoms with Crippen molar-refractivity contribution in [3.05, 3.63) is 88.0 Å². The van der Waals surface area contributed by atoms with Crippen molar-refractivity contribution in [2.75, 3.05) is 0 Å². The smallest absolute Gasteiger partial charge is 0.277 e. The number of carbonyl (C=O) groups is 1. The van der Waals surface area contributed by atoms with Gasteiger partial charge in [0.25, 0.3) is 22.7 Å². The minimum absolute atomic E-state index is 0.513. The van der Waals surface area contributed by atoms with Crippen LogP contribution >= 0.6 is 0 Å². The molecule has 132 valence electrons. The first kappa shape index (κ1) is 18.1. The van der Waals surface area contributed by atoms with Crippen LogP contribution in [0.4, 0.5) is 22.7 Å². The number of ketones is 1. The molecule has 0 aliphatic carbocycles. The number of hydrogen-bond acceptors (Lipinski definition) is 9. The fourth-order valence-electron chi connectivity index (χ4n) is 2.04. The molecule has 0 fully saturated rings. The second-order valence-electron chi connectivity index (χ2n) is 4.83. The van der Waals surface area contributed by atoms with Crippen molar-refractivity contribution in [1.29, 1.82) is 0 Å². The Hall–Kier alpha value is -4.29. The summed E-state index contributed by atoms with van der Waals surface area (Å²) in [5.41, 5.74) is -4.02. The van der Waals surface area contributed by atoms with E-state index in [9.17, 15) is 45.3 Å². The summed E-state index contributed by atoms with van der Waals surface area (Å²) >= 11 is 0. The molecule has 0 aromatic heterocycles. The SMILES string of the molecule is O=C(c1cc([N+](=O)[O-])cc([N+](=O)[O-])c1)c1cc([N+](=O)[O-])cc([N+](=O)[O-])c1. The zero-order valence-corrected chi connectivity index (χ0v) is 12.4. The molecule has 13 heteroatoms. The lowest BCUT2D eigenvalue weighted by Crippen LogP contribution is -2.05. The second kappa shape index (κ2) is 6.68. The summed E-state index contributed by atoms with van der Waals surface area (Å²) in [7, 11) is 0. The van der Waals surface area contributed by atoms with Crippen molar-refractivity contribution < 1.29 is 24.5 Å². The Morgan fingerprint density at radius 3 is 0.962 bits per heavy atom. The van der Waals surface area contributed by atoms with E-state index in [-0.39, 0.29) is 0 Å². The Labute approximate surface area is 142 Å². The van der Waals surface area contributed by atoms with Crippen molar-refractivity contribution in [2.45, 2.75) is 0 Å². The van der Waals surface area contributed by atoms with Gasteiger partial charge in [-0.15, -0.1) is 0 Å². The fraction of sp³-hybridized carbons (Fsp3) is 0. The van der Waals surface area contributed by atoms with Crippen LogP contribution < -0.4 is 0 Å². The van der Waals surface area contributed by atoms with Crippen molar-refractivity contribution in [2.24, 2.45) is 0 Å². The normalized spacial score (nSPS) is 10.2. The quantitative estimate of drug-likeness (QED) is 0.422. The van der Waals surface area contributed by atoms with Crippen molar-refractivity contribution in [3.63, 3.8) is 0 Å². The van der Waals surface area contributed by atoms with E-state index in [2.05, 4.69) is 0 Å². The average Bonchev–Trinajstić information content (AvgIpc) is 2.59. The predicted molar refractivity (Wildman–Crippen MR) is 82.9 cm³/mol. The van der Waals surface area contributed by atoms with Gasteiger partial charge in [0, 0.05) is 35.4 Å². The molecule has 2 aromatic carbocycles. The van der Waals surface area contributed by atoms with Crippen molar-refractivity contribution in [1.82, 2.24) is 0 Å². The highest BCUT2D eigenvalue weighted by Crippen LogP contribution is 2.28. The summed E-state index contributed by atoms with van der Waals surface area (Å²) in [6.07, 6.45) is 0. The topological polar surface area (TPSA) is 190 Å². The summed E-state index contributed by atoms with van der Waals surface area (Å²) in [5.74, 6) is -1.08. The molecule has 0 spiro atoms. The van der Waals surface area contributed by atoms with Crippen molar-refractivity contribution in [3.8, 4) is 0 Å². The summed E-state index contributed by atoms with van der Waals surface area (Å²) in [6, 6.07) is 4.21. The van der Waals surface area contributed by atoms with E-state index < -0.39 is 59.4 Å². The molecule has 0 aliphatic heterocycles. The number of carbonyl (C=O) groups excluding carboxylic acids is 1. The summed E-state index contributed by atoms with van der Waals surface area (Å²) < 4.78 is 0. The molecule has 0 saturated carbocycles. The minimum Gasteiger partial charge on any atom is -0.289 e. The van der Waals surface area contributed by atoms with E-state index in [1.54, 1.807) is 0 Å². The maximum absolute atomic E-state index is 12.5. The van der Waals surface area contributed by atoms with Gasteiger partial charge >= 0.3 is 0 Å². The van der Waals surface area contributed by atoms with Crippen LogP contribution in [0.15, 0.2) is 36.4 Å². The van der Waals surface area contributed by atoms with E-state index in [0.29, 0.717) is 12.1 Å². The molecule has 0 saturated heterocycles. The Bertz CT molecular complexity index is 844. The monoisotopic (exact) mass is 362 g/mol. The number of nitro benzene ring substituents is 4. The molecule has 0 heterocycles. The molecule has 2 rings (SSSR count). The van der Waals surface area contributed by atoms with Crippen LogP contribution in [-0.4, -0.2) is 25.5 Å². The standard InChI is InChI=1S/C13H6N4O9/c18-13(7-1-9(14(19)20)5-10(2-7)15(21)22)8-3-11(16(23)24)6-12(4-8)17(25)26/h1-6H. The Morgan fingerprint density at radius 2 is 0.769 bits per heavy atom. The van der Waals surface area contributed by atoms with E-state index >= 15 is 0 Å². The van der Waals surface area contributed by atoms with Crippen LogP contribution in [0.2, 0.25) is 0 Å². The summed E-state index contributed by atoms with van der Waals surface area (Å²) in [5, 5.41) is 43.5. The molecule has 0 unspecified atom stereocenters. The van der Waals surface area contributed by atoms with Crippen LogP contribution in [0.5, 0.6) is 0 Å². The van der Waals surface area contributed by atoms with Gasteiger partial charge < -0.3 is 0 Å². The molecule has 0 atom stereocenters. The number of benzene rings is 2. The third-order valence-electron chi connectivity index (χ3n) is 3.17. The zero-order valence-electron chi connectivity index (χ0n) is 12.4. The number of nitro groups is 4. The molecule has 0 aliphatic rings. The number of nitrogens with zero attached hydrogens (tertiary/aromatic N) is 4. The molecule has 13 nitrogen and oxygen atoms in total. The van der Waals surface area contributed by atoms with Gasteiger partial charge in [0.15, 0.2) is 5.78 Å². The minimum atomic E-state index is -1.08. The molecule has 0 bridgehead atoms. The van der Waals surface area contributed by atoms with Crippen LogP contribution in [-0.2, 0) is 0 Å². The lowest BCUT2D eigenvalue weighted by Gasteiger charge is -2.03. The third kappa shape index (κ3) is 3.61. The van der Waals surface area contributed by atoms with E-state index in [1.165, 1.54) is 0 Å². The Kier molecular flexibility index (Phi) is 4.64. The van der Waals surface area contributed by atoms with Gasteiger partial charge in [-0.1, -0.05) is 0 Å². The highest BCUT2D eigenvalue weighted by molar-refractivity contribution is 6.10. The maximum Gasteiger partial charge on any atom is 0.277 e. The van der Waals surface area contributed by atoms with Gasteiger partial charge in [0.05, 0.1) is 31.8 Å². The number of rotatable bonds is 6. The first-order chi connectivity index (χ1) is 12.1. The van der Waals surface area contributed by atoms with Crippen molar-refractivity contribution >= 4 is 28.5 Å². The van der Waals surface area contributed by atoms with Crippen LogP contribution in [0.1, 0.15) is 15.9 Å². The van der Waals surface area contributed by atoms with Gasteiger partial charge in [-0.2, -0.15) is 0 Å². The molecular weight excluding hydrogens is 356 g/mol. The van der Waals surface area contributed by atoms with Crippen LogP contribution in [0, 0.1) is 40.5 Å². The molecule has 0 N–H and O–H groups in total. The van der Waals surface area contributed by atoms with E-state index in [0.717, 1.165) is 24.3 Å². The molecule has 0 amide bonds. The Morgan fingerprint density at radius 1 is 0.538 bits per heavy atom. The summed E-state index contributed by atoms with van der Waals surface area (Å²) in [4.78, 5) is 52.1. The van der Waals surface area contributed by atoms with Gasteiger partial charge in [0.1, 0.15) is 0 Å². The Balaban J connectivity index is 2.65. The predicted octanol–water partition coefficient (Wildman–Crippen LogP) is 2.55. The fourth-order valence-corrected chi connectivity index (χ4v) is 2.04. The number of hydrogen-bond donors (Lipinski definition) is 0. The van der Waals surface area contributed by atoms with Crippen LogP contribution in [0.3, 0.4) is 0 Å². The van der Waals surface area contributed by atoms with Crippen LogP contribution in [0.25, 0.3) is 0 Å². The van der Waals surface area contributed by atoms with Gasteiger partial charge in [-0.3, -0.25) is 45.3 Å². The first-order valence-corrected chi connectivity index (χ1v) is 6.52. The molecular formula is C13H6N4O9. The second-order valence-corrected chi connectivity index (χ2v) is 4.83. The highest BCUT2D eigenvalue weighted by atomic mass is 16.6. The lowest BCUT2D eigenvalue weighted by atomic mass is 10.0. The maximum atomic E-state index is 12.5. The van der Waals surface area contributed by atoms with Gasteiger partial charge in [-0.25, -0.2) is 0 Å². The van der Waals surface area contributed by atoms with E-state index in [4.69, 9.17) is 0 Å². The first-order valence-electron chi connectivity index (χ1n) is 6.52. The average molecular weight is 362 g/mol.